The van der Waals surface area contributed by atoms with Crippen molar-refractivity contribution in [2.24, 2.45) is 17.5 Å². The molecule has 58 valence electrons. The Labute approximate surface area is 59.9 Å². The minimum atomic E-state index is -0.0760. The smallest absolute Gasteiger partial charge is 0.237 e. The van der Waals surface area contributed by atoms with Crippen LogP contribution in [0.4, 0.5) is 0 Å². The Bertz CT molecular complexity index is 137. The van der Waals surface area contributed by atoms with Crippen molar-refractivity contribution in [3.63, 3.8) is 0 Å². The SMILES string of the molecule is NNC(=O)C1CCC(N)C1. The quantitative estimate of drug-likeness (QED) is 0.253. The minimum Gasteiger partial charge on any atom is -0.328 e. The molecule has 0 aromatic heterocycles. The maximum absolute atomic E-state index is 10.9. The largest absolute Gasteiger partial charge is 0.328 e. The van der Waals surface area contributed by atoms with Gasteiger partial charge in [-0.15, -0.1) is 0 Å². The Morgan fingerprint density at radius 2 is 2.20 bits per heavy atom. The molecule has 1 fully saturated rings. The molecule has 10 heavy (non-hydrogen) atoms. The second kappa shape index (κ2) is 2.98. The van der Waals surface area contributed by atoms with Crippen LogP contribution in [0.2, 0.25) is 0 Å². The van der Waals surface area contributed by atoms with E-state index in [0.29, 0.717) is 0 Å². The van der Waals surface area contributed by atoms with Gasteiger partial charge in [0.2, 0.25) is 5.91 Å². The van der Waals surface area contributed by atoms with Gasteiger partial charge in [-0.2, -0.15) is 0 Å². The summed E-state index contributed by atoms with van der Waals surface area (Å²) in [6.45, 7) is 0. The van der Waals surface area contributed by atoms with Crippen molar-refractivity contribution in [2.75, 3.05) is 0 Å². The lowest BCUT2D eigenvalue weighted by molar-refractivity contribution is -0.124. The Morgan fingerprint density at radius 3 is 2.60 bits per heavy atom. The van der Waals surface area contributed by atoms with E-state index < -0.39 is 0 Å². The highest BCUT2D eigenvalue weighted by Gasteiger charge is 2.26. The summed E-state index contributed by atoms with van der Waals surface area (Å²) in [6, 6.07) is 0.197. The van der Waals surface area contributed by atoms with E-state index >= 15 is 0 Å². The summed E-state index contributed by atoms with van der Waals surface area (Å²) in [5.74, 6) is 4.94. The molecule has 0 radical (unpaired) electrons. The van der Waals surface area contributed by atoms with Gasteiger partial charge in [0.1, 0.15) is 0 Å². The van der Waals surface area contributed by atoms with E-state index in [0.717, 1.165) is 19.3 Å². The first-order valence-corrected chi connectivity index (χ1v) is 3.50. The summed E-state index contributed by atoms with van der Waals surface area (Å²) in [6.07, 6.45) is 2.60. The molecule has 2 atom stereocenters. The number of rotatable bonds is 1. The van der Waals surface area contributed by atoms with Crippen LogP contribution in [0.1, 0.15) is 19.3 Å². The molecule has 2 unspecified atom stereocenters. The van der Waals surface area contributed by atoms with Gasteiger partial charge in [-0.05, 0) is 19.3 Å². The van der Waals surface area contributed by atoms with E-state index in [4.69, 9.17) is 11.6 Å². The summed E-state index contributed by atoms with van der Waals surface area (Å²) in [5, 5.41) is 0. The van der Waals surface area contributed by atoms with Gasteiger partial charge in [0, 0.05) is 12.0 Å². The van der Waals surface area contributed by atoms with Gasteiger partial charge in [0.25, 0.3) is 0 Å². The van der Waals surface area contributed by atoms with Crippen LogP contribution < -0.4 is 17.0 Å². The van der Waals surface area contributed by atoms with Crippen molar-refractivity contribution in [2.45, 2.75) is 25.3 Å². The summed E-state index contributed by atoms with van der Waals surface area (Å²) in [7, 11) is 0. The Kier molecular flexibility index (Phi) is 2.24. The summed E-state index contributed by atoms with van der Waals surface area (Å²) in [4.78, 5) is 10.9. The number of carbonyl (C=O) groups is 1. The molecule has 0 aromatic carbocycles. The topological polar surface area (TPSA) is 81.1 Å². The molecule has 5 N–H and O–H groups in total. The van der Waals surface area contributed by atoms with Gasteiger partial charge in [0.15, 0.2) is 0 Å². The monoisotopic (exact) mass is 143 g/mol. The van der Waals surface area contributed by atoms with Crippen LogP contribution in [0, 0.1) is 5.92 Å². The standard InChI is InChI=1S/C6H13N3O/c7-5-2-1-4(3-5)6(10)9-8/h4-5H,1-3,7-8H2,(H,9,10). The molecule has 1 aliphatic rings. The third-order valence-corrected chi connectivity index (χ3v) is 1.99. The zero-order chi connectivity index (χ0) is 7.56. The molecule has 4 heteroatoms. The van der Waals surface area contributed by atoms with E-state index in [-0.39, 0.29) is 17.9 Å². The molecule has 0 aliphatic heterocycles. The molecular weight excluding hydrogens is 130 g/mol. The van der Waals surface area contributed by atoms with Crippen molar-refractivity contribution in [1.82, 2.24) is 5.43 Å². The molecule has 1 amide bonds. The summed E-state index contributed by atoms with van der Waals surface area (Å²) in [5.41, 5.74) is 7.73. The molecular formula is C6H13N3O. The van der Waals surface area contributed by atoms with Crippen molar-refractivity contribution >= 4 is 5.91 Å². The van der Waals surface area contributed by atoms with Gasteiger partial charge >= 0.3 is 0 Å². The van der Waals surface area contributed by atoms with Gasteiger partial charge in [-0.25, -0.2) is 5.84 Å². The first kappa shape index (κ1) is 7.50. The lowest BCUT2D eigenvalue weighted by Crippen LogP contribution is -2.35. The lowest BCUT2D eigenvalue weighted by atomic mass is 10.1. The Hall–Kier alpha value is -0.610. The lowest BCUT2D eigenvalue weighted by Gasteiger charge is -2.05. The van der Waals surface area contributed by atoms with Crippen molar-refractivity contribution in [3.05, 3.63) is 0 Å². The fourth-order valence-electron chi connectivity index (χ4n) is 1.37. The van der Waals surface area contributed by atoms with Crippen LogP contribution in [-0.4, -0.2) is 11.9 Å². The van der Waals surface area contributed by atoms with Gasteiger partial charge in [-0.3, -0.25) is 10.2 Å². The number of nitrogens with one attached hydrogen (secondary N) is 1. The van der Waals surface area contributed by atoms with Crippen LogP contribution >= 0.6 is 0 Å². The first-order valence-electron chi connectivity index (χ1n) is 3.50. The summed E-state index contributed by atoms with van der Waals surface area (Å²) >= 11 is 0. The molecule has 0 heterocycles. The fourth-order valence-corrected chi connectivity index (χ4v) is 1.37. The highest BCUT2D eigenvalue weighted by atomic mass is 16.2. The number of carbonyl (C=O) groups excluding carboxylic acids is 1. The van der Waals surface area contributed by atoms with E-state index in [1.807, 2.05) is 0 Å². The van der Waals surface area contributed by atoms with E-state index in [9.17, 15) is 4.79 Å². The van der Waals surface area contributed by atoms with Crippen LogP contribution in [-0.2, 0) is 4.79 Å². The third kappa shape index (κ3) is 1.46. The van der Waals surface area contributed by atoms with Crippen molar-refractivity contribution in [3.8, 4) is 0 Å². The number of hydrogen-bond acceptors (Lipinski definition) is 3. The molecule has 0 aromatic rings. The number of hydrogen-bond donors (Lipinski definition) is 3. The highest BCUT2D eigenvalue weighted by Crippen LogP contribution is 2.23. The van der Waals surface area contributed by atoms with E-state index in [2.05, 4.69) is 5.43 Å². The molecule has 1 saturated carbocycles. The Balaban J connectivity index is 2.37. The molecule has 4 nitrogen and oxygen atoms in total. The molecule has 0 spiro atoms. The van der Waals surface area contributed by atoms with Crippen LogP contribution in [0.25, 0.3) is 0 Å². The predicted octanol–water partition coefficient (Wildman–Crippen LogP) is -0.896. The zero-order valence-electron chi connectivity index (χ0n) is 5.84. The highest BCUT2D eigenvalue weighted by molar-refractivity contribution is 5.78. The fraction of sp³-hybridized carbons (Fsp3) is 0.833. The average Bonchev–Trinajstić information content (AvgIpc) is 2.34. The maximum atomic E-state index is 10.9. The van der Waals surface area contributed by atoms with Crippen LogP contribution in [0.3, 0.4) is 0 Å². The minimum absolute atomic E-state index is 0.0556. The molecule has 0 saturated heterocycles. The number of nitrogens with two attached hydrogens (primary N) is 2. The molecule has 1 rings (SSSR count). The average molecular weight is 143 g/mol. The molecule has 0 bridgehead atoms. The van der Waals surface area contributed by atoms with Gasteiger partial charge in [-0.1, -0.05) is 0 Å². The zero-order valence-corrected chi connectivity index (χ0v) is 5.84. The predicted molar refractivity (Wildman–Crippen MR) is 37.6 cm³/mol. The van der Waals surface area contributed by atoms with Gasteiger partial charge < -0.3 is 5.73 Å². The normalized spacial score (nSPS) is 32.2. The Morgan fingerprint density at radius 1 is 1.50 bits per heavy atom. The maximum Gasteiger partial charge on any atom is 0.237 e. The van der Waals surface area contributed by atoms with Crippen molar-refractivity contribution in [1.29, 1.82) is 0 Å². The van der Waals surface area contributed by atoms with Crippen LogP contribution in [0.5, 0.6) is 0 Å². The first-order chi connectivity index (χ1) is 4.74. The van der Waals surface area contributed by atoms with E-state index in [1.54, 1.807) is 0 Å². The van der Waals surface area contributed by atoms with Crippen molar-refractivity contribution < 1.29 is 4.79 Å². The van der Waals surface area contributed by atoms with Gasteiger partial charge in [0.05, 0.1) is 0 Å². The van der Waals surface area contributed by atoms with E-state index in [1.165, 1.54) is 0 Å². The number of hydrazine groups is 1. The van der Waals surface area contributed by atoms with Crippen LogP contribution in [0.15, 0.2) is 0 Å². The summed E-state index contributed by atoms with van der Waals surface area (Å²) < 4.78 is 0. The number of amides is 1. The molecule has 1 aliphatic carbocycles. The second-order valence-corrected chi connectivity index (χ2v) is 2.78. The second-order valence-electron chi connectivity index (χ2n) is 2.78. The third-order valence-electron chi connectivity index (χ3n) is 1.99.